The largest absolute Gasteiger partial charge is 0.368 e. The molecule has 0 aliphatic carbocycles. The Labute approximate surface area is 128 Å². The number of hydrogen-bond donors (Lipinski definition) is 1. The lowest BCUT2D eigenvalue weighted by molar-refractivity contribution is 0.112. The van der Waals surface area contributed by atoms with Crippen LogP contribution in [0.2, 0.25) is 0 Å². The van der Waals surface area contributed by atoms with Crippen molar-refractivity contribution >= 4 is 23.3 Å². The lowest BCUT2D eigenvalue weighted by Gasteiger charge is -2.07. The number of anilines is 1. The molecule has 0 fully saturated rings. The van der Waals surface area contributed by atoms with Gasteiger partial charge in [0.25, 0.3) is 0 Å². The van der Waals surface area contributed by atoms with Crippen LogP contribution < -0.4 is 5.73 Å². The fourth-order valence-corrected chi connectivity index (χ4v) is 2.44. The summed E-state index contributed by atoms with van der Waals surface area (Å²) in [6, 6.07) is 11.1. The molecule has 0 aliphatic rings. The smallest absolute Gasteiger partial charge is 0.220 e. The molecule has 2 aromatic heterocycles. The van der Waals surface area contributed by atoms with E-state index in [1.54, 1.807) is 6.07 Å². The molecule has 3 rings (SSSR count). The number of aromatic nitrogens is 3. The van der Waals surface area contributed by atoms with E-state index in [9.17, 15) is 4.79 Å². The second-order valence-corrected chi connectivity index (χ2v) is 5.09. The quantitative estimate of drug-likeness (QED) is 0.747. The van der Waals surface area contributed by atoms with Crippen molar-refractivity contribution in [3.8, 4) is 11.3 Å². The average Bonchev–Trinajstić information content (AvgIpc) is 2.55. The van der Waals surface area contributed by atoms with Crippen molar-refractivity contribution < 1.29 is 4.79 Å². The third-order valence-electron chi connectivity index (χ3n) is 3.44. The summed E-state index contributed by atoms with van der Waals surface area (Å²) in [5.74, 6) is 0.272. The van der Waals surface area contributed by atoms with Gasteiger partial charge in [0.2, 0.25) is 5.95 Å². The zero-order valence-electron chi connectivity index (χ0n) is 12.3. The highest BCUT2D eigenvalue weighted by atomic mass is 16.1. The van der Waals surface area contributed by atoms with Crippen molar-refractivity contribution in [2.45, 2.75) is 19.8 Å². The van der Waals surface area contributed by atoms with Gasteiger partial charge in [0.15, 0.2) is 0 Å². The van der Waals surface area contributed by atoms with Gasteiger partial charge in [0, 0.05) is 11.1 Å². The zero-order valence-corrected chi connectivity index (χ0v) is 12.3. The van der Waals surface area contributed by atoms with Gasteiger partial charge in [0.1, 0.15) is 11.8 Å². The summed E-state index contributed by atoms with van der Waals surface area (Å²) >= 11 is 0. The highest BCUT2D eigenvalue weighted by Gasteiger charge is 2.09. The Bertz CT molecular complexity index is 845. The number of pyridine rings is 1. The number of nitrogen functional groups attached to an aromatic ring is 1. The summed E-state index contributed by atoms with van der Waals surface area (Å²) in [5, 5.41) is 0. The van der Waals surface area contributed by atoms with Crippen LogP contribution in [-0.2, 0) is 6.42 Å². The highest BCUT2D eigenvalue weighted by molar-refractivity contribution is 5.82. The number of benzene rings is 1. The Balaban J connectivity index is 2.17. The van der Waals surface area contributed by atoms with Gasteiger partial charge < -0.3 is 5.73 Å². The van der Waals surface area contributed by atoms with E-state index in [0.29, 0.717) is 5.56 Å². The van der Waals surface area contributed by atoms with Crippen LogP contribution in [0.5, 0.6) is 0 Å². The Hall–Kier alpha value is -2.82. The van der Waals surface area contributed by atoms with Gasteiger partial charge >= 0.3 is 0 Å². The molecule has 0 saturated carbocycles. The predicted molar refractivity (Wildman–Crippen MR) is 86.6 cm³/mol. The number of nitrogens with zero attached hydrogens (tertiary/aromatic N) is 3. The molecule has 0 aliphatic heterocycles. The SMILES string of the molecule is CCCc1nc(N)nc2ccc(-c3cccc(C=O)c3)nc12. The molecule has 0 unspecified atom stereocenters. The summed E-state index contributed by atoms with van der Waals surface area (Å²) in [5.41, 5.74) is 10.4. The minimum Gasteiger partial charge on any atom is -0.368 e. The summed E-state index contributed by atoms with van der Waals surface area (Å²) in [6.45, 7) is 2.08. The van der Waals surface area contributed by atoms with Crippen LogP contribution >= 0.6 is 0 Å². The molecule has 1 aromatic carbocycles. The van der Waals surface area contributed by atoms with Crippen molar-refractivity contribution in [2.24, 2.45) is 0 Å². The predicted octanol–water partition coefficient (Wildman–Crippen LogP) is 3.04. The van der Waals surface area contributed by atoms with E-state index in [1.807, 2.05) is 30.3 Å². The molecule has 0 atom stereocenters. The number of fused-ring (bicyclic) bond motifs is 1. The molecule has 0 spiro atoms. The lowest BCUT2D eigenvalue weighted by atomic mass is 10.1. The van der Waals surface area contributed by atoms with E-state index in [4.69, 9.17) is 5.73 Å². The van der Waals surface area contributed by atoms with E-state index in [-0.39, 0.29) is 5.95 Å². The normalized spacial score (nSPS) is 10.8. The second kappa shape index (κ2) is 5.89. The molecule has 110 valence electrons. The molecule has 5 heteroatoms. The van der Waals surface area contributed by atoms with Crippen molar-refractivity contribution in [1.29, 1.82) is 0 Å². The highest BCUT2D eigenvalue weighted by Crippen LogP contribution is 2.23. The topological polar surface area (TPSA) is 81.8 Å². The van der Waals surface area contributed by atoms with E-state index in [1.165, 1.54) is 0 Å². The van der Waals surface area contributed by atoms with Crippen molar-refractivity contribution in [3.63, 3.8) is 0 Å². The van der Waals surface area contributed by atoms with Gasteiger partial charge in [-0.05, 0) is 24.6 Å². The van der Waals surface area contributed by atoms with Gasteiger partial charge in [-0.3, -0.25) is 4.79 Å². The molecule has 0 saturated heterocycles. The molecule has 0 amide bonds. The van der Waals surface area contributed by atoms with Gasteiger partial charge in [0.05, 0.1) is 16.9 Å². The van der Waals surface area contributed by atoms with Crippen LogP contribution in [0, 0.1) is 0 Å². The van der Waals surface area contributed by atoms with Gasteiger partial charge in [-0.25, -0.2) is 15.0 Å². The Morgan fingerprint density at radius 3 is 2.77 bits per heavy atom. The summed E-state index contributed by atoms with van der Waals surface area (Å²) in [4.78, 5) is 24.2. The van der Waals surface area contributed by atoms with Gasteiger partial charge in [-0.1, -0.05) is 31.5 Å². The average molecular weight is 292 g/mol. The number of hydrogen-bond acceptors (Lipinski definition) is 5. The van der Waals surface area contributed by atoms with Crippen molar-refractivity contribution in [1.82, 2.24) is 15.0 Å². The second-order valence-electron chi connectivity index (χ2n) is 5.09. The van der Waals surface area contributed by atoms with E-state index >= 15 is 0 Å². The minimum absolute atomic E-state index is 0.272. The van der Waals surface area contributed by atoms with Crippen LogP contribution in [0.25, 0.3) is 22.3 Å². The number of nitrogens with two attached hydrogens (primary N) is 1. The van der Waals surface area contributed by atoms with Crippen molar-refractivity contribution in [2.75, 3.05) is 5.73 Å². The number of carbonyl (C=O) groups is 1. The van der Waals surface area contributed by atoms with E-state index in [2.05, 4.69) is 21.9 Å². The molecular weight excluding hydrogens is 276 g/mol. The number of carbonyl (C=O) groups excluding carboxylic acids is 1. The summed E-state index contributed by atoms with van der Waals surface area (Å²) in [7, 11) is 0. The first-order valence-corrected chi connectivity index (χ1v) is 7.20. The fourth-order valence-electron chi connectivity index (χ4n) is 2.44. The molecule has 3 aromatic rings. The number of aryl methyl sites for hydroxylation is 1. The maximum atomic E-state index is 10.9. The third kappa shape index (κ3) is 2.65. The maximum Gasteiger partial charge on any atom is 0.220 e. The lowest BCUT2D eigenvalue weighted by Crippen LogP contribution is -2.02. The number of rotatable bonds is 4. The third-order valence-corrected chi connectivity index (χ3v) is 3.44. The maximum absolute atomic E-state index is 10.9. The van der Waals surface area contributed by atoms with Crippen molar-refractivity contribution in [3.05, 3.63) is 47.7 Å². The van der Waals surface area contributed by atoms with E-state index < -0.39 is 0 Å². The van der Waals surface area contributed by atoms with Gasteiger partial charge in [-0.15, -0.1) is 0 Å². The van der Waals surface area contributed by atoms with Crippen LogP contribution in [0.1, 0.15) is 29.4 Å². The monoisotopic (exact) mass is 292 g/mol. The van der Waals surface area contributed by atoms with Gasteiger partial charge in [-0.2, -0.15) is 0 Å². The standard InChI is InChI=1S/C17H16N4O/c1-2-4-14-16-15(21-17(18)20-14)8-7-13(19-16)12-6-3-5-11(9-12)10-22/h3,5-10H,2,4H2,1H3,(H2,18,20,21). The molecule has 0 bridgehead atoms. The first-order chi connectivity index (χ1) is 10.7. The summed E-state index contributed by atoms with van der Waals surface area (Å²) < 4.78 is 0. The van der Waals surface area contributed by atoms with E-state index in [0.717, 1.165) is 47.1 Å². The molecule has 22 heavy (non-hydrogen) atoms. The van der Waals surface area contributed by atoms with Crippen LogP contribution in [-0.4, -0.2) is 21.2 Å². The Morgan fingerprint density at radius 2 is 2.00 bits per heavy atom. The minimum atomic E-state index is 0.272. The first kappa shape index (κ1) is 14.1. The zero-order chi connectivity index (χ0) is 15.5. The first-order valence-electron chi connectivity index (χ1n) is 7.20. The van der Waals surface area contributed by atoms with Crippen LogP contribution in [0.3, 0.4) is 0 Å². The Morgan fingerprint density at radius 1 is 1.14 bits per heavy atom. The fraction of sp³-hybridized carbons (Fsp3) is 0.176. The Kier molecular flexibility index (Phi) is 3.78. The molecule has 2 heterocycles. The number of aldehydes is 1. The van der Waals surface area contributed by atoms with Crippen LogP contribution in [0.15, 0.2) is 36.4 Å². The molecular formula is C17H16N4O. The molecule has 2 N–H and O–H groups in total. The summed E-state index contributed by atoms with van der Waals surface area (Å²) in [6.07, 6.45) is 2.59. The molecule has 5 nitrogen and oxygen atoms in total. The molecule has 0 radical (unpaired) electrons. The van der Waals surface area contributed by atoms with Crippen LogP contribution in [0.4, 0.5) is 5.95 Å².